The van der Waals surface area contributed by atoms with Crippen LogP contribution in [0.2, 0.25) is 0 Å². The summed E-state index contributed by atoms with van der Waals surface area (Å²) < 4.78 is 0. The van der Waals surface area contributed by atoms with Crippen LogP contribution >= 0.6 is 0 Å². The summed E-state index contributed by atoms with van der Waals surface area (Å²) in [6.45, 7) is 15.5. The van der Waals surface area contributed by atoms with Gasteiger partial charge >= 0.3 is 0 Å². The van der Waals surface area contributed by atoms with Crippen molar-refractivity contribution in [2.75, 3.05) is 26.2 Å². The maximum Gasteiger partial charge on any atom is 0.269 e. The van der Waals surface area contributed by atoms with Gasteiger partial charge in [-0.15, -0.1) is 0 Å². The van der Waals surface area contributed by atoms with E-state index >= 15 is 0 Å². The van der Waals surface area contributed by atoms with E-state index in [1.807, 2.05) is 76.8 Å². The Kier molecular flexibility index (Phi) is 10.0. The number of hydrogen-bond donors (Lipinski definition) is 1. The lowest BCUT2D eigenvalue weighted by Gasteiger charge is -2.35. The van der Waals surface area contributed by atoms with E-state index in [1.165, 1.54) is 6.07 Å². The summed E-state index contributed by atoms with van der Waals surface area (Å²) in [6, 6.07) is 14.7. The van der Waals surface area contributed by atoms with Crippen molar-refractivity contribution in [2.45, 2.75) is 59.7 Å². The fraction of sp³-hybridized carbons (Fsp3) is 0.500. The van der Waals surface area contributed by atoms with Crippen LogP contribution in [0.5, 0.6) is 0 Å². The molecule has 0 bridgehead atoms. The molecule has 3 rings (SSSR count). The first-order valence-corrected chi connectivity index (χ1v) is 11.9. The van der Waals surface area contributed by atoms with Crippen LogP contribution < -0.4 is 5.32 Å². The zero-order valence-electron chi connectivity index (χ0n) is 20.7. The number of piperazine rings is 1. The molecule has 33 heavy (non-hydrogen) atoms. The van der Waals surface area contributed by atoms with Gasteiger partial charge in [0.15, 0.2) is 0 Å². The van der Waals surface area contributed by atoms with Crippen LogP contribution in [0.3, 0.4) is 0 Å². The van der Waals surface area contributed by atoms with Gasteiger partial charge in [0, 0.05) is 56.0 Å². The Labute approximate surface area is 197 Å². The minimum absolute atomic E-state index is 0.0191. The minimum atomic E-state index is -0.355. The van der Waals surface area contributed by atoms with Crippen LogP contribution in [0, 0.1) is 10.1 Å². The first-order valence-electron chi connectivity index (χ1n) is 11.9. The van der Waals surface area contributed by atoms with Gasteiger partial charge in [0.25, 0.3) is 11.6 Å². The molecule has 1 N–H and O–H groups in total. The number of amides is 1. The van der Waals surface area contributed by atoms with Crippen LogP contribution in [0.25, 0.3) is 0 Å². The lowest BCUT2D eigenvalue weighted by Crippen LogP contribution is -2.45. The summed E-state index contributed by atoms with van der Waals surface area (Å²) in [4.78, 5) is 28.2. The van der Waals surface area contributed by atoms with Gasteiger partial charge in [-0.05, 0) is 51.0 Å². The molecule has 2 aromatic rings. The number of nitro benzene ring substituents is 1. The number of nitrogens with zero attached hydrogens (tertiary/aromatic N) is 3. The SMILES string of the molecule is CC.CC(C)N(C(=O)c1ccc(C(c2cccc([N+](=O)[O-])c2)N2CCNCC2)cc1)C(C)C. The summed E-state index contributed by atoms with van der Waals surface area (Å²) in [7, 11) is 0. The third kappa shape index (κ3) is 6.62. The number of nitro groups is 1. The largest absolute Gasteiger partial charge is 0.334 e. The molecule has 7 heteroatoms. The highest BCUT2D eigenvalue weighted by Gasteiger charge is 2.26. The molecule has 1 amide bonds. The first-order chi connectivity index (χ1) is 15.8. The van der Waals surface area contributed by atoms with Crippen LogP contribution in [-0.4, -0.2) is 58.9 Å². The second-order valence-electron chi connectivity index (χ2n) is 8.56. The number of nitrogens with one attached hydrogen (secondary N) is 1. The van der Waals surface area contributed by atoms with E-state index in [4.69, 9.17) is 0 Å². The van der Waals surface area contributed by atoms with Gasteiger partial charge in [-0.1, -0.05) is 38.1 Å². The molecular formula is C26H38N4O3. The van der Waals surface area contributed by atoms with E-state index in [1.54, 1.807) is 12.1 Å². The standard InChI is InChI=1S/C24H32N4O3.C2H6/c1-17(2)27(18(3)4)24(29)20-10-8-19(9-11-20)23(26-14-12-25-13-15-26)21-6-5-7-22(16-21)28(30)31;1-2/h5-11,16-18,23,25H,12-15H2,1-4H3;1-2H3. The topological polar surface area (TPSA) is 78.7 Å². The highest BCUT2D eigenvalue weighted by molar-refractivity contribution is 5.94. The molecule has 7 nitrogen and oxygen atoms in total. The highest BCUT2D eigenvalue weighted by atomic mass is 16.6. The molecule has 2 aromatic carbocycles. The zero-order chi connectivity index (χ0) is 24.5. The first kappa shape index (κ1) is 26.5. The summed E-state index contributed by atoms with van der Waals surface area (Å²) in [5.74, 6) is 0.0191. The predicted octanol–water partition coefficient (Wildman–Crippen LogP) is 4.87. The molecule has 1 fully saturated rings. The van der Waals surface area contributed by atoms with E-state index in [2.05, 4.69) is 10.2 Å². The van der Waals surface area contributed by atoms with Gasteiger partial charge in [0.1, 0.15) is 0 Å². The van der Waals surface area contributed by atoms with Crippen LogP contribution in [0.1, 0.15) is 69.1 Å². The van der Waals surface area contributed by atoms with Crippen LogP contribution in [0.4, 0.5) is 5.69 Å². The molecule has 0 radical (unpaired) electrons. The molecule has 1 saturated heterocycles. The predicted molar refractivity (Wildman–Crippen MR) is 134 cm³/mol. The number of carbonyl (C=O) groups excluding carboxylic acids is 1. The van der Waals surface area contributed by atoms with E-state index in [9.17, 15) is 14.9 Å². The van der Waals surface area contributed by atoms with Crippen molar-refractivity contribution in [2.24, 2.45) is 0 Å². The van der Waals surface area contributed by atoms with Crippen molar-refractivity contribution >= 4 is 11.6 Å². The molecule has 0 aromatic heterocycles. The molecule has 180 valence electrons. The quantitative estimate of drug-likeness (QED) is 0.477. The lowest BCUT2D eigenvalue weighted by atomic mass is 9.95. The summed E-state index contributed by atoms with van der Waals surface area (Å²) in [6.07, 6.45) is 0. The highest BCUT2D eigenvalue weighted by Crippen LogP contribution is 2.31. The van der Waals surface area contributed by atoms with E-state index < -0.39 is 0 Å². The van der Waals surface area contributed by atoms with Gasteiger partial charge in [-0.2, -0.15) is 0 Å². The van der Waals surface area contributed by atoms with Gasteiger partial charge in [0.05, 0.1) is 11.0 Å². The molecule has 1 heterocycles. The Morgan fingerprint density at radius 1 is 0.970 bits per heavy atom. The Balaban J connectivity index is 0.00000187. The number of non-ortho nitro benzene ring substituents is 1. The minimum Gasteiger partial charge on any atom is -0.334 e. The monoisotopic (exact) mass is 454 g/mol. The second-order valence-corrected chi connectivity index (χ2v) is 8.56. The van der Waals surface area contributed by atoms with Crippen molar-refractivity contribution in [3.8, 4) is 0 Å². The molecule has 1 unspecified atom stereocenters. The van der Waals surface area contributed by atoms with E-state index in [0.29, 0.717) is 5.56 Å². The zero-order valence-corrected chi connectivity index (χ0v) is 20.7. The van der Waals surface area contributed by atoms with Gasteiger partial charge in [-0.25, -0.2) is 0 Å². The van der Waals surface area contributed by atoms with Crippen molar-refractivity contribution in [3.63, 3.8) is 0 Å². The Morgan fingerprint density at radius 3 is 2.06 bits per heavy atom. The average molecular weight is 455 g/mol. The van der Waals surface area contributed by atoms with Crippen molar-refractivity contribution in [1.82, 2.24) is 15.1 Å². The molecule has 1 atom stereocenters. The van der Waals surface area contributed by atoms with E-state index in [-0.39, 0.29) is 34.6 Å². The second kappa shape index (κ2) is 12.5. The van der Waals surface area contributed by atoms with Crippen LogP contribution in [-0.2, 0) is 0 Å². The molecule has 1 aliphatic rings. The summed E-state index contributed by atoms with van der Waals surface area (Å²) >= 11 is 0. The smallest absolute Gasteiger partial charge is 0.269 e. The summed E-state index contributed by atoms with van der Waals surface area (Å²) in [5.41, 5.74) is 2.67. The molecule has 0 spiro atoms. The third-order valence-corrected chi connectivity index (χ3v) is 5.73. The fourth-order valence-electron chi connectivity index (χ4n) is 4.39. The molecule has 0 aliphatic carbocycles. The van der Waals surface area contributed by atoms with Crippen molar-refractivity contribution < 1.29 is 9.72 Å². The molecule has 0 saturated carbocycles. The number of carbonyl (C=O) groups is 1. The maximum absolute atomic E-state index is 13.0. The third-order valence-electron chi connectivity index (χ3n) is 5.73. The Hall–Kier alpha value is -2.77. The fourth-order valence-corrected chi connectivity index (χ4v) is 4.39. The van der Waals surface area contributed by atoms with Crippen LogP contribution in [0.15, 0.2) is 48.5 Å². The maximum atomic E-state index is 13.0. The van der Waals surface area contributed by atoms with Crippen molar-refractivity contribution in [1.29, 1.82) is 0 Å². The van der Waals surface area contributed by atoms with Gasteiger partial charge < -0.3 is 10.2 Å². The van der Waals surface area contributed by atoms with Gasteiger partial charge in [0.2, 0.25) is 0 Å². The molecular weight excluding hydrogens is 416 g/mol. The van der Waals surface area contributed by atoms with Crippen molar-refractivity contribution in [3.05, 3.63) is 75.3 Å². The Bertz CT molecular complexity index is 898. The normalized spacial score (nSPS) is 15.0. The van der Waals surface area contributed by atoms with Gasteiger partial charge in [-0.3, -0.25) is 19.8 Å². The molecule has 1 aliphatic heterocycles. The summed E-state index contributed by atoms with van der Waals surface area (Å²) in [5, 5.41) is 14.7. The lowest BCUT2D eigenvalue weighted by molar-refractivity contribution is -0.384. The van der Waals surface area contributed by atoms with E-state index in [0.717, 1.165) is 37.3 Å². The average Bonchev–Trinajstić information content (AvgIpc) is 2.81. The number of rotatable bonds is 7. The Morgan fingerprint density at radius 2 is 1.55 bits per heavy atom. The number of benzene rings is 2. The number of hydrogen-bond acceptors (Lipinski definition) is 5.